The van der Waals surface area contributed by atoms with Gasteiger partial charge >= 0.3 is 0 Å². The van der Waals surface area contributed by atoms with Gasteiger partial charge in [0.15, 0.2) is 0 Å². The molecule has 21 heavy (non-hydrogen) atoms. The molecule has 2 bridgehead atoms. The van der Waals surface area contributed by atoms with Gasteiger partial charge in [-0.3, -0.25) is 4.90 Å². The van der Waals surface area contributed by atoms with Crippen LogP contribution in [0.1, 0.15) is 57.1 Å². The van der Waals surface area contributed by atoms with Crippen molar-refractivity contribution in [2.24, 2.45) is 11.8 Å². The third kappa shape index (κ3) is 2.25. The third-order valence-corrected chi connectivity index (χ3v) is 6.69. The summed E-state index contributed by atoms with van der Waals surface area (Å²) in [6, 6.07) is 10.1. The number of likely N-dealkylation sites (tertiary alicyclic amines) is 1. The van der Waals surface area contributed by atoms with E-state index in [0.717, 1.165) is 17.9 Å². The molecule has 1 saturated carbocycles. The molecule has 0 aromatic heterocycles. The van der Waals surface area contributed by atoms with E-state index in [4.69, 9.17) is 0 Å². The first kappa shape index (κ1) is 13.8. The van der Waals surface area contributed by atoms with Crippen molar-refractivity contribution in [3.63, 3.8) is 0 Å². The smallest absolute Gasteiger partial charge is 0.0172 e. The number of nitrogens with zero attached hydrogens (tertiary/aromatic N) is 1. The van der Waals surface area contributed by atoms with Gasteiger partial charge in [0, 0.05) is 6.04 Å². The first-order valence-corrected chi connectivity index (χ1v) is 9.05. The van der Waals surface area contributed by atoms with Crippen molar-refractivity contribution in [2.45, 2.75) is 63.8 Å². The van der Waals surface area contributed by atoms with Gasteiger partial charge in [0.05, 0.1) is 0 Å². The lowest BCUT2D eigenvalue weighted by Gasteiger charge is -2.55. The van der Waals surface area contributed by atoms with Gasteiger partial charge in [-0.1, -0.05) is 57.4 Å². The lowest BCUT2D eigenvalue weighted by molar-refractivity contribution is 0.0184. The average molecular weight is 283 g/mol. The van der Waals surface area contributed by atoms with Gasteiger partial charge in [-0.25, -0.2) is 0 Å². The molecule has 1 nitrogen and oxygen atoms in total. The molecule has 1 aromatic rings. The van der Waals surface area contributed by atoms with Crippen LogP contribution in [0, 0.1) is 11.8 Å². The van der Waals surface area contributed by atoms with Crippen molar-refractivity contribution in [1.29, 1.82) is 0 Å². The average Bonchev–Trinajstić information content (AvgIpc) is 3.31. The highest BCUT2D eigenvalue weighted by atomic mass is 15.2. The van der Waals surface area contributed by atoms with Gasteiger partial charge < -0.3 is 0 Å². The number of fused-ring (bicyclic) bond motifs is 4. The van der Waals surface area contributed by atoms with E-state index in [0.29, 0.717) is 5.41 Å². The summed E-state index contributed by atoms with van der Waals surface area (Å²) >= 11 is 0. The highest BCUT2D eigenvalue weighted by molar-refractivity contribution is 5.39. The van der Waals surface area contributed by atoms with Crippen LogP contribution in [0.3, 0.4) is 0 Å². The predicted octanol–water partition coefficient (Wildman–Crippen LogP) is 4.40. The summed E-state index contributed by atoms with van der Waals surface area (Å²) in [6.07, 6.45) is 8.41. The van der Waals surface area contributed by atoms with Crippen molar-refractivity contribution in [2.75, 3.05) is 13.1 Å². The normalized spacial score (nSPS) is 35.5. The van der Waals surface area contributed by atoms with Crippen molar-refractivity contribution < 1.29 is 0 Å². The zero-order valence-corrected chi connectivity index (χ0v) is 13.6. The molecule has 1 saturated heterocycles. The Morgan fingerprint density at radius 2 is 2.05 bits per heavy atom. The molecule has 1 heteroatoms. The second-order valence-electron chi connectivity index (χ2n) is 7.88. The van der Waals surface area contributed by atoms with E-state index in [1.807, 2.05) is 0 Å². The molecule has 3 aliphatic rings. The number of hydrogen-bond acceptors (Lipinski definition) is 1. The Morgan fingerprint density at radius 3 is 2.81 bits per heavy atom. The molecule has 3 unspecified atom stereocenters. The van der Waals surface area contributed by atoms with E-state index in [-0.39, 0.29) is 0 Å². The summed E-state index contributed by atoms with van der Waals surface area (Å²) in [5.41, 5.74) is 3.71. The summed E-state index contributed by atoms with van der Waals surface area (Å²) in [5.74, 6) is 1.91. The molecule has 1 aromatic carbocycles. The van der Waals surface area contributed by atoms with E-state index in [2.05, 4.69) is 43.0 Å². The van der Waals surface area contributed by atoms with Crippen molar-refractivity contribution in [3.8, 4) is 0 Å². The first-order valence-electron chi connectivity index (χ1n) is 9.05. The summed E-state index contributed by atoms with van der Waals surface area (Å²) in [4.78, 5) is 2.85. The van der Waals surface area contributed by atoms with Gasteiger partial charge in [-0.15, -0.1) is 0 Å². The molecule has 1 heterocycles. The minimum absolute atomic E-state index is 0.421. The van der Waals surface area contributed by atoms with E-state index >= 15 is 0 Å². The fourth-order valence-corrected chi connectivity index (χ4v) is 5.25. The van der Waals surface area contributed by atoms with Gasteiger partial charge in [0.2, 0.25) is 0 Å². The topological polar surface area (TPSA) is 3.24 Å². The Bertz CT molecular complexity index is 518. The zero-order chi connectivity index (χ0) is 14.4. The second-order valence-corrected chi connectivity index (χ2v) is 7.88. The summed E-state index contributed by atoms with van der Waals surface area (Å²) in [5, 5.41) is 0. The predicted molar refractivity (Wildman–Crippen MR) is 88.6 cm³/mol. The molecule has 0 N–H and O–H groups in total. The number of piperidine rings is 1. The first-order chi connectivity index (χ1) is 10.2. The number of hydrogen-bond donors (Lipinski definition) is 0. The monoisotopic (exact) mass is 283 g/mol. The molecular formula is C20H29N. The molecule has 0 amide bonds. The van der Waals surface area contributed by atoms with Crippen molar-refractivity contribution in [1.82, 2.24) is 4.90 Å². The maximum atomic E-state index is 2.85. The van der Waals surface area contributed by atoms with Crippen LogP contribution in [0.4, 0.5) is 0 Å². The zero-order valence-electron chi connectivity index (χ0n) is 13.6. The van der Waals surface area contributed by atoms with E-state index in [1.165, 1.54) is 51.6 Å². The Balaban J connectivity index is 1.64. The quantitative estimate of drug-likeness (QED) is 0.791. The van der Waals surface area contributed by atoms with Crippen LogP contribution in [0.2, 0.25) is 0 Å². The van der Waals surface area contributed by atoms with Gasteiger partial charge in [0.25, 0.3) is 0 Å². The van der Waals surface area contributed by atoms with Crippen LogP contribution in [-0.4, -0.2) is 24.0 Å². The summed E-state index contributed by atoms with van der Waals surface area (Å²) in [7, 11) is 0. The van der Waals surface area contributed by atoms with Crippen LogP contribution < -0.4 is 0 Å². The van der Waals surface area contributed by atoms with Crippen LogP contribution in [0.5, 0.6) is 0 Å². The van der Waals surface area contributed by atoms with E-state index in [9.17, 15) is 0 Å². The highest BCUT2D eigenvalue weighted by Crippen LogP contribution is 2.50. The fraction of sp³-hybridized carbons (Fsp3) is 0.700. The molecule has 114 valence electrons. The number of rotatable bonds is 4. The molecule has 2 aliphatic carbocycles. The minimum atomic E-state index is 0.421. The third-order valence-electron chi connectivity index (χ3n) is 6.69. The van der Waals surface area contributed by atoms with Gasteiger partial charge in [0.1, 0.15) is 0 Å². The molecular weight excluding hydrogens is 254 g/mol. The van der Waals surface area contributed by atoms with Crippen LogP contribution in [0.25, 0.3) is 0 Å². The van der Waals surface area contributed by atoms with Crippen molar-refractivity contribution in [3.05, 3.63) is 35.4 Å². The molecule has 0 radical (unpaired) electrons. The van der Waals surface area contributed by atoms with Crippen LogP contribution >= 0.6 is 0 Å². The molecule has 0 spiro atoms. The largest absolute Gasteiger partial charge is 0.300 e. The highest BCUT2D eigenvalue weighted by Gasteiger charge is 2.49. The summed E-state index contributed by atoms with van der Waals surface area (Å²) < 4.78 is 0. The maximum absolute atomic E-state index is 2.85. The Kier molecular flexibility index (Phi) is 3.37. The summed E-state index contributed by atoms with van der Waals surface area (Å²) in [6.45, 7) is 7.63. The number of benzene rings is 1. The second kappa shape index (κ2) is 5.12. The molecule has 2 fully saturated rings. The molecule has 3 atom stereocenters. The molecule has 1 aliphatic heterocycles. The Hall–Kier alpha value is -0.820. The van der Waals surface area contributed by atoms with Crippen LogP contribution in [0.15, 0.2) is 24.3 Å². The van der Waals surface area contributed by atoms with Crippen molar-refractivity contribution >= 4 is 0 Å². The Labute approximate surface area is 129 Å². The minimum Gasteiger partial charge on any atom is -0.300 e. The molecule has 4 rings (SSSR count). The van der Waals surface area contributed by atoms with E-state index < -0.39 is 0 Å². The Morgan fingerprint density at radius 1 is 1.24 bits per heavy atom. The SMILES string of the molecule is CCC1C2Cc3ccccc3C1(C)CCN2CCC1CC1. The maximum Gasteiger partial charge on any atom is 0.0172 e. The van der Waals surface area contributed by atoms with E-state index in [1.54, 1.807) is 11.1 Å². The standard InChI is InChI=1S/C20H29N/c1-3-17-19-14-16-6-4-5-7-18(16)20(17,2)11-13-21(19)12-10-15-8-9-15/h4-7,15,17,19H,3,8-14H2,1-2H3. The van der Waals surface area contributed by atoms with Crippen LogP contribution in [-0.2, 0) is 11.8 Å². The lowest BCUT2D eigenvalue weighted by Crippen LogP contribution is -2.58. The van der Waals surface area contributed by atoms with Gasteiger partial charge in [-0.05, 0) is 60.7 Å². The van der Waals surface area contributed by atoms with Gasteiger partial charge in [-0.2, -0.15) is 0 Å². The fourth-order valence-electron chi connectivity index (χ4n) is 5.25. The lowest BCUT2D eigenvalue weighted by atomic mass is 9.57.